The summed E-state index contributed by atoms with van der Waals surface area (Å²) in [6.45, 7) is 2.57. The lowest BCUT2D eigenvalue weighted by molar-refractivity contribution is 0.0600. The van der Waals surface area contributed by atoms with Crippen LogP contribution in [0.2, 0.25) is 0 Å². The van der Waals surface area contributed by atoms with Crippen molar-refractivity contribution in [3.05, 3.63) is 54.1 Å². The van der Waals surface area contributed by atoms with Gasteiger partial charge in [0.25, 0.3) is 0 Å². The summed E-state index contributed by atoms with van der Waals surface area (Å²) in [5, 5.41) is 2.90. The van der Waals surface area contributed by atoms with E-state index in [4.69, 9.17) is 9.47 Å². The topological polar surface area (TPSA) is 71.1 Å². The van der Waals surface area contributed by atoms with Crippen molar-refractivity contribution < 1.29 is 19.1 Å². The molecule has 142 valence electrons. The van der Waals surface area contributed by atoms with Crippen LogP contribution in [0.5, 0.6) is 5.75 Å². The number of carbonyl (C=O) groups excluding carboxylic acids is 2. The Morgan fingerprint density at radius 3 is 2.41 bits per heavy atom. The van der Waals surface area contributed by atoms with Crippen LogP contribution < -0.4 is 15.0 Å². The SMILES string of the molecule is COC(=O)c1cccc(N2CCN(C(=O)Nc3cccc(OC)c3)CC2)c1. The van der Waals surface area contributed by atoms with Crippen LogP contribution in [0.25, 0.3) is 0 Å². The number of benzene rings is 2. The number of hydrogen-bond donors (Lipinski definition) is 1. The van der Waals surface area contributed by atoms with Crippen molar-refractivity contribution in [1.29, 1.82) is 0 Å². The number of piperazine rings is 1. The molecule has 0 saturated carbocycles. The van der Waals surface area contributed by atoms with E-state index in [0.717, 1.165) is 5.69 Å². The van der Waals surface area contributed by atoms with Gasteiger partial charge in [-0.15, -0.1) is 0 Å². The molecule has 2 aromatic carbocycles. The first-order chi connectivity index (χ1) is 13.1. The fourth-order valence-corrected chi connectivity index (χ4v) is 3.02. The molecule has 0 unspecified atom stereocenters. The monoisotopic (exact) mass is 369 g/mol. The number of urea groups is 1. The summed E-state index contributed by atoms with van der Waals surface area (Å²) in [5.74, 6) is 0.344. The maximum Gasteiger partial charge on any atom is 0.337 e. The van der Waals surface area contributed by atoms with Gasteiger partial charge in [0.15, 0.2) is 0 Å². The smallest absolute Gasteiger partial charge is 0.337 e. The number of nitrogens with zero attached hydrogens (tertiary/aromatic N) is 2. The van der Waals surface area contributed by atoms with Crippen molar-refractivity contribution >= 4 is 23.4 Å². The van der Waals surface area contributed by atoms with Crippen molar-refractivity contribution in [2.24, 2.45) is 0 Å². The summed E-state index contributed by atoms with van der Waals surface area (Å²) in [4.78, 5) is 28.1. The molecule has 7 nitrogen and oxygen atoms in total. The van der Waals surface area contributed by atoms with Crippen molar-refractivity contribution in [2.75, 3.05) is 50.6 Å². The molecule has 0 aromatic heterocycles. The van der Waals surface area contributed by atoms with Crippen LogP contribution in [0.1, 0.15) is 10.4 Å². The van der Waals surface area contributed by atoms with Gasteiger partial charge in [0, 0.05) is 43.6 Å². The Labute approximate surface area is 158 Å². The highest BCUT2D eigenvalue weighted by Gasteiger charge is 2.22. The van der Waals surface area contributed by atoms with Gasteiger partial charge in [-0.1, -0.05) is 12.1 Å². The van der Waals surface area contributed by atoms with Crippen LogP contribution >= 0.6 is 0 Å². The first-order valence-corrected chi connectivity index (χ1v) is 8.74. The molecule has 0 bridgehead atoms. The van der Waals surface area contributed by atoms with E-state index >= 15 is 0 Å². The fourth-order valence-electron chi connectivity index (χ4n) is 3.02. The lowest BCUT2D eigenvalue weighted by Gasteiger charge is -2.36. The Morgan fingerprint density at radius 1 is 0.963 bits per heavy atom. The van der Waals surface area contributed by atoms with Crippen LogP contribution in [0, 0.1) is 0 Å². The molecule has 0 aliphatic carbocycles. The molecule has 27 heavy (non-hydrogen) atoms. The summed E-state index contributed by atoms with van der Waals surface area (Å²) >= 11 is 0. The Kier molecular flexibility index (Phi) is 5.80. The van der Waals surface area contributed by atoms with Crippen LogP contribution in [0.3, 0.4) is 0 Å². The van der Waals surface area contributed by atoms with Crippen LogP contribution in [0.4, 0.5) is 16.2 Å². The minimum atomic E-state index is -0.354. The highest BCUT2D eigenvalue weighted by Crippen LogP contribution is 2.20. The lowest BCUT2D eigenvalue weighted by Crippen LogP contribution is -2.50. The Balaban J connectivity index is 1.58. The molecule has 3 rings (SSSR count). The molecule has 1 saturated heterocycles. The zero-order chi connectivity index (χ0) is 19.2. The molecule has 1 aliphatic heterocycles. The number of amides is 2. The minimum absolute atomic E-state index is 0.133. The van der Waals surface area contributed by atoms with E-state index in [1.807, 2.05) is 36.4 Å². The molecule has 0 spiro atoms. The third-order valence-corrected chi connectivity index (χ3v) is 4.52. The molecule has 0 radical (unpaired) electrons. The number of hydrogen-bond acceptors (Lipinski definition) is 5. The van der Waals surface area contributed by atoms with Gasteiger partial charge in [-0.25, -0.2) is 9.59 Å². The second-order valence-electron chi connectivity index (χ2n) is 6.18. The van der Waals surface area contributed by atoms with Gasteiger partial charge in [0.1, 0.15) is 5.75 Å². The molecule has 1 aliphatic rings. The van der Waals surface area contributed by atoms with E-state index in [0.29, 0.717) is 43.2 Å². The maximum absolute atomic E-state index is 12.5. The number of esters is 1. The first kappa shape index (κ1) is 18.6. The van der Waals surface area contributed by atoms with Crippen LogP contribution in [0.15, 0.2) is 48.5 Å². The van der Waals surface area contributed by atoms with E-state index in [-0.39, 0.29) is 12.0 Å². The Bertz CT molecular complexity index is 816. The van der Waals surface area contributed by atoms with E-state index in [9.17, 15) is 9.59 Å². The second-order valence-corrected chi connectivity index (χ2v) is 6.18. The molecule has 2 amide bonds. The summed E-state index contributed by atoms with van der Waals surface area (Å²) in [7, 11) is 2.96. The minimum Gasteiger partial charge on any atom is -0.497 e. The standard InChI is InChI=1S/C20H23N3O4/c1-26-18-8-4-6-16(14-18)21-20(25)23-11-9-22(10-12-23)17-7-3-5-15(13-17)19(24)27-2/h3-8,13-14H,9-12H2,1-2H3,(H,21,25). The van der Waals surface area contributed by atoms with Crippen molar-refractivity contribution in [3.63, 3.8) is 0 Å². The zero-order valence-corrected chi connectivity index (χ0v) is 15.5. The molecular weight excluding hydrogens is 346 g/mol. The van der Waals surface area contributed by atoms with Crippen molar-refractivity contribution in [1.82, 2.24) is 4.90 Å². The van der Waals surface area contributed by atoms with Gasteiger partial charge in [-0.3, -0.25) is 0 Å². The quantitative estimate of drug-likeness (QED) is 0.839. The van der Waals surface area contributed by atoms with Crippen LogP contribution in [-0.2, 0) is 4.74 Å². The third-order valence-electron chi connectivity index (χ3n) is 4.52. The molecule has 1 fully saturated rings. The summed E-state index contributed by atoms with van der Waals surface area (Å²) < 4.78 is 9.95. The summed E-state index contributed by atoms with van der Waals surface area (Å²) in [6, 6.07) is 14.5. The van der Waals surface area contributed by atoms with E-state index in [1.165, 1.54) is 7.11 Å². The predicted octanol–water partition coefficient (Wildman–Crippen LogP) is 2.84. The second kappa shape index (κ2) is 8.44. The van der Waals surface area contributed by atoms with Gasteiger partial charge in [0.05, 0.1) is 19.8 Å². The number of nitrogens with one attached hydrogen (secondary N) is 1. The summed E-state index contributed by atoms with van der Waals surface area (Å²) in [5.41, 5.74) is 2.17. The van der Waals surface area contributed by atoms with E-state index in [1.54, 1.807) is 24.1 Å². The van der Waals surface area contributed by atoms with E-state index in [2.05, 4.69) is 10.2 Å². The first-order valence-electron chi connectivity index (χ1n) is 8.74. The van der Waals surface area contributed by atoms with Crippen LogP contribution in [-0.4, -0.2) is 57.3 Å². The average molecular weight is 369 g/mol. The predicted molar refractivity (Wildman–Crippen MR) is 104 cm³/mol. The normalized spacial score (nSPS) is 13.9. The number of ether oxygens (including phenoxy) is 2. The lowest BCUT2D eigenvalue weighted by atomic mass is 10.1. The Hall–Kier alpha value is -3.22. The molecule has 2 aromatic rings. The average Bonchev–Trinajstić information content (AvgIpc) is 2.73. The highest BCUT2D eigenvalue weighted by atomic mass is 16.5. The number of anilines is 2. The third kappa shape index (κ3) is 4.49. The van der Waals surface area contributed by atoms with Crippen molar-refractivity contribution in [2.45, 2.75) is 0 Å². The number of methoxy groups -OCH3 is 2. The molecule has 1 N–H and O–H groups in total. The van der Waals surface area contributed by atoms with Gasteiger partial charge >= 0.3 is 12.0 Å². The molecular formula is C20H23N3O4. The van der Waals surface area contributed by atoms with Gasteiger partial charge < -0.3 is 24.6 Å². The van der Waals surface area contributed by atoms with Gasteiger partial charge in [0.2, 0.25) is 0 Å². The molecule has 1 heterocycles. The van der Waals surface area contributed by atoms with E-state index < -0.39 is 0 Å². The fraction of sp³-hybridized carbons (Fsp3) is 0.300. The zero-order valence-electron chi connectivity index (χ0n) is 15.5. The highest BCUT2D eigenvalue weighted by molar-refractivity contribution is 5.91. The molecule has 0 atom stereocenters. The summed E-state index contributed by atoms with van der Waals surface area (Å²) in [6.07, 6.45) is 0. The largest absolute Gasteiger partial charge is 0.497 e. The van der Waals surface area contributed by atoms with Gasteiger partial charge in [-0.2, -0.15) is 0 Å². The number of carbonyl (C=O) groups is 2. The Morgan fingerprint density at radius 2 is 1.70 bits per heavy atom. The number of rotatable bonds is 4. The molecule has 7 heteroatoms. The van der Waals surface area contributed by atoms with Crippen molar-refractivity contribution in [3.8, 4) is 5.75 Å². The maximum atomic E-state index is 12.5. The van der Waals surface area contributed by atoms with Gasteiger partial charge in [-0.05, 0) is 30.3 Å².